The van der Waals surface area contributed by atoms with E-state index in [1.807, 2.05) is 0 Å². The zero-order chi connectivity index (χ0) is 11.0. The van der Waals surface area contributed by atoms with Crippen molar-refractivity contribution in [2.24, 2.45) is 5.73 Å². The van der Waals surface area contributed by atoms with Gasteiger partial charge in [-0.2, -0.15) is 4.98 Å². The van der Waals surface area contributed by atoms with Crippen LogP contribution in [0.25, 0.3) is 0 Å². The molecule has 5 heteroatoms. The van der Waals surface area contributed by atoms with E-state index in [1.54, 1.807) is 0 Å². The molecule has 88 valence electrons. The Bertz CT molecular complexity index is 367. The molecule has 3 rings (SSSR count). The van der Waals surface area contributed by atoms with Gasteiger partial charge in [-0.15, -0.1) is 0 Å². The standard InChI is InChI=1S/C11H17N3O2/c12-11(4-2-5-11)10-13-9(14-16-10)7-8-3-1-6-15-8/h8H,1-7,12H2. The summed E-state index contributed by atoms with van der Waals surface area (Å²) in [4.78, 5) is 4.38. The fraction of sp³-hybridized carbons (Fsp3) is 0.818. The molecule has 16 heavy (non-hydrogen) atoms. The van der Waals surface area contributed by atoms with E-state index in [1.165, 1.54) is 0 Å². The molecule has 0 amide bonds. The Morgan fingerprint density at radius 1 is 1.38 bits per heavy atom. The molecule has 0 aromatic carbocycles. The first-order valence-corrected chi connectivity index (χ1v) is 6.00. The molecular formula is C11H17N3O2. The normalized spacial score (nSPS) is 27.9. The Hall–Kier alpha value is -0.940. The van der Waals surface area contributed by atoms with Gasteiger partial charge in [0.2, 0.25) is 5.89 Å². The summed E-state index contributed by atoms with van der Waals surface area (Å²) in [6, 6.07) is 0. The highest BCUT2D eigenvalue weighted by Crippen LogP contribution is 2.37. The molecule has 1 saturated heterocycles. The largest absolute Gasteiger partial charge is 0.378 e. The summed E-state index contributed by atoms with van der Waals surface area (Å²) in [5.41, 5.74) is 5.77. The Morgan fingerprint density at radius 2 is 2.25 bits per heavy atom. The van der Waals surface area contributed by atoms with Crippen molar-refractivity contribution in [1.29, 1.82) is 0 Å². The molecule has 1 aliphatic heterocycles. The van der Waals surface area contributed by atoms with Gasteiger partial charge in [0.1, 0.15) is 0 Å². The van der Waals surface area contributed by atoms with Gasteiger partial charge in [-0.05, 0) is 32.1 Å². The SMILES string of the molecule is NC1(c2nc(CC3CCCO3)no2)CCC1. The van der Waals surface area contributed by atoms with Crippen molar-refractivity contribution in [3.8, 4) is 0 Å². The zero-order valence-corrected chi connectivity index (χ0v) is 9.32. The highest BCUT2D eigenvalue weighted by molar-refractivity contribution is 5.07. The summed E-state index contributed by atoms with van der Waals surface area (Å²) in [5, 5.41) is 3.98. The monoisotopic (exact) mass is 223 g/mol. The first-order valence-electron chi connectivity index (χ1n) is 6.00. The molecule has 0 spiro atoms. The van der Waals surface area contributed by atoms with Crippen LogP contribution in [0.3, 0.4) is 0 Å². The minimum absolute atomic E-state index is 0.264. The third-order valence-corrected chi connectivity index (χ3v) is 3.57. The van der Waals surface area contributed by atoms with Crippen LogP contribution in [0, 0.1) is 0 Å². The molecule has 1 aromatic heterocycles. The summed E-state index contributed by atoms with van der Waals surface area (Å²) in [6.07, 6.45) is 6.30. The number of rotatable bonds is 3. The predicted octanol–water partition coefficient (Wildman–Crippen LogP) is 1.13. The molecular weight excluding hydrogens is 206 g/mol. The second-order valence-electron chi connectivity index (χ2n) is 4.86. The predicted molar refractivity (Wildman–Crippen MR) is 56.7 cm³/mol. The van der Waals surface area contributed by atoms with Gasteiger partial charge in [-0.3, -0.25) is 0 Å². The van der Waals surface area contributed by atoms with Crippen LogP contribution in [-0.2, 0) is 16.7 Å². The maximum Gasteiger partial charge on any atom is 0.246 e. The molecule has 2 aliphatic rings. The smallest absolute Gasteiger partial charge is 0.246 e. The van der Waals surface area contributed by atoms with Crippen molar-refractivity contribution in [2.45, 2.75) is 50.2 Å². The summed E-state index contributed by atoms with van der Waals surface area (Å²) in [6.45, 7) is 0.857. The molecule has 2 fully saturated rings. The third-order valence-electron chi connectivity index (χ3n) is 3.57. The van der Waals surface area contributed by atoms with Crippen molar-refractivity contribution in [2.75, 3.05) is 6.61 Å². The van der Waals surface area contributed by atoms with Crippen LogP contribution in [0.4, 0.5) is 0 Å². The zero-order valence-electron chi connectivity index (χ0n) is 9.32. The van der Waals surface area contributed by atoms with Crippen LogP contribution < -0.4 is 5.73 Å². The number of aromatic nitrogens is 2. The average Bonchev–Trinajstić information content (AvgIpc) is 2.86. The molecule has 0 radical (unpaired) electrons. The van der Waals surface area contributed by atoms with Gasteiger partial charge < -0.3 is 15.0 Å². The number of hydrogen-bond acceptors (Lipinski definition) is 5. The Morgan fingerprint density at radius 3 is 2.88 bits per heavy atom. The minimum atomic E-state index is -0.345. The van der Waals surface area contributed by atoms with Gasteiger partial charge in [0, 0.05) is 13.0 Å². The number of ether oxygens (including phenoxy) is 1. The van der Waals surface area contributed by atoms with Crippen LogP contribution in [0.5, 0.6) is 0 Å². The van der Waals surface area contributed by atoms with Crippen molar-refractivity contribution in [3.05, 3.63) is 11.7 Å². The highest BCUT2D eigenvalue weighted by Gasteiger charge is 2.40. The van der Waals surface area contributed by atoms with E-state index in [2.05, 4.69) is 10.1 Å². The van der Waals surface area contributed by atoms with Gasteiger partial charge in [0.15, 0.2) is 5.82 Å². The Kier molecular flexibility index (Phi) is 2.44. The van der Waals surface area contributed by atoms with Crippen molar-refractivity contribution >= 4 is 0 Å². The number of nitrogens with zero attached hydrogens (tertiary/aromatic N) is 2. The molecule has 2 heterocycles. The van der Waals surface area contributed by atoms with Crippen molar-refractivity contribution in [3.63, 3.8) is 0 Å². The van der Waals surface area contributed by atoms with Crippen LogP contribution in [0.2, 0.25) is 0 Å². The first kappa shape index (κ1) is 10.2. The van der Waals surface area contributed by atoms with E-state index in [0.717, 1.165) is 51.0 Å². The van der Waals surface area contributed by atoms with E-state index in [0.29, 0.717) is 5.89 Å². The highest BCUT2D eigenvalue weighted by atomic mass is 16.5. The molecule has 5 nitrogen and oxygen atoms in total. The average molecular weight is 223 g/mol. The quantitative estimate of drug-likeness (QED) is 0.831. The topological polar surface area (TPSA) is 74.2 Å². The van der Waals surface area contributed by atoms with Gasteiger partial charge in [0.25, 0.3) is 0 Å². The lowest BCUT2D eigenvalue weighted by atomic mass is 9.78. The number of hydrogen-bond donors (Lipinski definition) is 1. The molecule has 1 aromatic rings. The van der Waals surface area contributed by atoms with Gasteiger partial charge in [-0.25, -0.2) is 0 Å². The van der Waals surface area contributed by atoms with Gasteiger partial charge >= 0.3 is 0 Å². The molecule has 1 atom stereocenters. The maximum absolute atomic E-state index is 6.12. The third kappa shape index (κ3) is 1.74. The maximum atomic E-state index is 6.12. The Balaban J connectivity index is 1.67. The lowest BCUT2D eigenvalue weighted by molar-refractivity contribution is 0.109. The van der Waals surface area contributed by atoms with Crippen LogP contribution in [0.1, 0.15) is 43.8 Å². The second-order valence-corrected chi connectivity index (χ2v) is 4.86. The lowest BCUT2D eigenvalue weighted by Gasteiger charge is -2.33. The van der Waals surface area contributed by atoms with Gasteiger partial charge in [-0.1, -0.05) is 5.16 Å². The number of nitrogens with two attached hydrogens (primary N) is 1. The molecule has 0 bridgehead atoms. The fourth-order valence-corrected chi connectivity index (χ4v) is 2.32. The molecule has 1 aliphatic carbocycles. The molecule has 1 saturated carbocycles. The van der Waals surface area contributed by atoms with E-state index in [-0.39, 0.29) is 11.6 Å². The molecule has 2 N–H and O–H groups in total. The van der Waals surface area contributed by atoms with Crippen LogP contribution in [-0.4, -0.2) is 22.9 Å². The summed E-state index contributed by atoms with van der Waals surface area (Å²) in [5.74, 6) is 1.34. The fourth-order valence-electron chi connectivity index (χ4n) is 2.32. The van der Waals surface area contributed by atoms with Crippen LogP contribution in [0.15, 0.2) is 4.52 Å². The Labute approximate surface area is 94.3 Å². The first-order chi connectivity index (χ1) is 7.76. The van der Waals surface area contributed by atoms with Gasteiger partial charge in [0.05, 0.1) is 11.6 Å². The van der Waals surface area contributed by atoms with Crippen molar-refractivity contribution in [1.82, 2.24) is 10.1 Å². The summed E-state index contributed by atoms with van der Waals surface area (Å²) >= 11 is 0. The second kappa shape index (κ2) is 3.82. The lowest BCUT2D eigenvalue weighted by Crippen LogP contribution is -2.43. The van der Waals surface area contributed by atoms with E-state index < -0.39 is 0 Å². The van der Waals surface area contributed by atoms with Crippen LogP contribution >= 0.6 is 0 Å². The summed E-state index contributed by atoms with van der Waals surface area (Å²) < 4.78 is 10.8. The van der Waals surface area contributed by atoms with Crippen molar-refractivity contribution < 1.29 is 9.26 Å². The summed E-state index contributed by atoms with van der Waals surface area (Å²) in [7, 11) is 0. The molecule has 1 unspecified atom stereocenters. The van der Waals surface area contributed by atoms with E-state index >= 15 is 0 Å². The van der Waals surface area contributed by atoms with E-state index in [9.17, 15) is 0 Å². The minimum Gasteiger partial charge on any atom is -0.378 e. The van der Waals surface area contributed by atoms with E-state index in [4.69, 9.17) is 15.0 Å².